The summed E-state index contributed by atoms with van der Waals surface area (Å²) in [5.74, 6) is 0.591. The van der Waals surface area contributed by atoms with Crippen molar-refractivity contribution >= 4 is 0 Å². The Hall–Kier alpha value is -3.42. The average Bonchev–Trinajstić information content (AvgIpc) is 3.29. The molecule has 0 saturated carbocycles. The van der Waals surface area contributed by atoms with Crippen LogP contribution < -0.4 is 0 Å². The van der Waals surface area contributed by atoms with E-state index in [-0.39, 0.29) is 11.9 Å². The number of hydrogen-bond donors (Lipinski definition) is 0. The van der Waals surface area contributed by atoms with Gasteiger partial charge in [0, 0.05) is 26.2 Å². The van der Waals surface area contributed by atoms with Crippen molar-refractivity contribution in [3.8, 4) is 0 Å². The number of aromatic nitrogens is 4. The predicted octanol–water partition coefficient (Wildman–Crippen LogP) is 3.77. The molecule has 0 radical (unpaired) electrons. The normalized spacial score (nSPS) is 15.2. The third-order valence-electron chi connectivity index (χ3n) is 6.22. The fourth-order valence-electron chi connectivity index (χ4n) is 4.49. The van der Waals surface area contributed by atoms with Crippen LogP contribution >= 0.6 is 0 Å². The number of halogens is 1. The Balaban J connectivity index is 1.25. The molecular weight excluding hydrogens is 415 g/mol. The SMILES string of the molecule is Fc1ccc(Cn2nnnc2CN2CCN(C(c3ccccc3)c3ccccc3)CC2)cc1. The van der Waals surface area contributed by atoms with Crippen LogP contribution in [0.3, 0.4) is 0 Å². The van der Waals surface area contributed by atoms with E-state index < -0.39 is 0 Å². The van der Waals surface area contributed by atoms with Crippen LogP contribution in [0.5, 0.6) is 0 Å². The van der Waals surface area contributed by atoms with Gasteiger partial charge in [0.2, 0.25) is 0 Å². The third kappa shape index (κ3) is 5.16. The van der Waals surface area contributed by atoms with Crippen molar-refractivity contribution in [2.45, 2.75) is 19.1 Å². The van der Waals surface area contributed by atoms with E-state index in [0.29, 0.717) is 13.1 Å². The van der Waals surface area contributed by atoms with Gasteiger partial charge in [0.05, 0.1) is 19.1 Å². The first kappa shape index (κ1) is 21.4. The van der Waals surface area contributed by atoms with Gasteiger partial charge in [0.1, 0.15) is 5.82 Å². The van der Waals surface area contributed by atoms with E-state index in [9.17, 15) is 4.39 Å². The average molecular weight is 443 g/mol. The van der Waals surface area contributed by atoms with Crippen LogP contribution in [-0.2, 0) is 13.1 Å². The first-order valence-electron chi connectivity index (χ1n) is 11.3. The Morgan fingerprint density at radius 2 is 1.33 bits per heavy atom. The maximum atomic E-state index is 13.2. The summed E-state index contributed by atoms with van der Waals surface area (Å²) in [7, 11) is 0. The number of rotatable bonds is 7. The van der Waals surface area contributed by atoms with Crippen molar-refractivity contribution in [2.75, 3.05) is 26.2 Å². The molecule has 0 aliphatic carbocycles. The Morgan fingerprint density at radius 1 is 0.727 bits per heavy atom. The molecule has 33 heavy (non-hydrogen) atoms. The fraction of sp³-hybridized carbons (Fsp3) is 0.269. The first-order valence-corrected chi connectivity index (χ1v) is 11.3. The summed E-state index contributed by atoms with van der Waals surface area (Å²) >= 11 is 0. The number of nitrogens with zero attached hydrogens (tertiary/aromatic N) is 6. The van der Waals surface area contributed by atoms with Gasteiger partial charge in [-0.25, -0.2) is 9.07 Å². The molecule has 1 aliphatic rings. The van der Waals surface area contributed by atoms with Crippen LogP contribution in [0.25, 0.3) is 0 Å². The highest BCUT2D eigenvalue weighted by Gasteiger charge is 2.27. The van der Waals surface area contributed by atoms with E-state index in [4.69, 9.17) is 0 Å². The van der Waals surface area contributed by atoms with Gasteiger partial charge in [-0.1, -0.05) is 72.8 Å². The summed E-state index contributed by atoms with van der Waals surface area (Å²) in [5, 5.41) is 12.3. The zero-order valence-electron chi connectivity index (χ0n) is 18.5. The van der Waals surface area contributed by atoms with Crippen molar-refractivity contribution in [1.82, 2.24) is 30.0 Å². The lowest BCUT2D eigenvalue weighted by Crippen LogP contribution is -2.47. The van der Waals surface area contributed by atoms with Crippen LogP contribution in [0.4, 0.5) is 4.39 Å². The second-order valence-electron chi connectivity index (χ2n) is 8.42. The molecule has 7 heteroatoms. The lowest BCUT2D eigenvalue weighted by molar-refractivity contribution is 0.102. The van der Waals surface area contributed by atoms with Gasteiger partial charge in [-0.15, -0.1) is 5.10 Å². The topological polar surface area (TPSA) is 50.1 Å². The molecule has 1 aliphatic heterocycles. The minimum Gasteiger partial charge on any atom is -0.293 e. The summed E-state index contributed by atoms with van der Waals surface area (Å²) in [6.07, 6.45) is 0. The van der Waals surface area contributed by atoms with Gasteiger partial charge in [0.15, 0.2) is 5.82 Å². The Morgan fingerprint density at radius 3 is 1.94 bits per heavy atom. The molecule has 0 bridgehead atoms. The quantitative estimate of drug-likeness (QED) is 0.436. The lowest BCUT2D eigenvalue weighted by Gasteiger charge is -2.39. The second kappa shape index (κ2) is 10.0. The number of benzene rings is 3. The Kier molecular flexibility index (Phi) is 6.51. The molecular formula is C26H27FN6. The summed E-state index contributed by atoms with van der Waals surface area (Å²) in [4.78, 5) is 4.96. The monoisotopic (exact) mass is 442 g/mol. The molecule has 168 valence electrons. The summed E-state index contributed by atoms with van der Waals surface area (Å²) < 4.78 is 15.0. The van der Waals surface area contributed by atoms with Gasteiger partial charge in [-0.05, 0) is 39.2 Å². The van der Waals surface area contributed by atoms with E-state index in [2.05, 4.69) is 86.0 Å². The highest BCUT2D eigenvalue weighted by atomic mass is 19.1. The molecule has 5 rings (SSSR count). The van der Waals surface area contributed by atoms with Crippen molar-refractivity contribution in [2.24, 2.45) is 0 Å². The Bertz CT molecular complexity index is 1100. The maximum Gasteiger partial charge on any atom is 0.165 e. The van der Waals surface area contributed by atoms with E-state index in [1.807, 2.05) is 0 Å². The van der Waals surface area contributed by atoms with Gasteiger partial charge in [-0.3, -0.25) is 9.80 Å². The zero-order valence-corrected chi connectivity index (χ0v) is 18.5. The van der Waals surface area contributed by atoms with Crippen LogP contribution in [0, 0.1) is 5.82 Å². The second-order valence-corrected chi connectivity index (χ2v) is 8.42. The van der Waals surface area contributed by atoms with Gasteiger partial charge in [-0.2, -0.15) is 0 Å². The molecule has 6 nitrogen and oxygen atoms in total. The van der Waals surface area contributed by atoms with Crippen LogP contribution in [-0.4, -0.2) is 56.2 Å². The molecule has 1 saturated heterocycles. The molecule has 1 aromatic heterocycles. The van der Waals surface area contributed by atoms with E-state index in [1.54, 1.807) is 16.8 Å². The highest BCUT2D eigenvalue weighted by Crippen LogP contribution is 2.29. The van der Waals surface area contributed by atoms with E-state index in [1.165, 1.54) is 23.3 Å². The number of piperazine rings is 1. The largest absolute Gasteiger partial charge is 0.293 e. The van der Waals surface area contributed by atoms with Crippen molar-refractivity contribution in [3.63, 3.8) is 0 Å². The highest BCUT2D eigenvalue weighted by molar-refractivity contribution is 5.32. The predicted molar refractivity (Wildman–Crippen MR) is 125 cm³/mol. The van der Waals surface area contributed by atoms with Crippen LogP contribution in [0.1, 0.15) is 28.6 Å². The van der Waals surface area contributed by atoms with Crippen LogP contribution in [0.2, 0.25) is 0 Å². The molecule has 0 N–H and O–H groups in total. The lowest BCUT2D eigenvalue weighted by atomic mass is 9.96. The molecule has 0 amide bonds. The van der Waals surface area contributed by atoms with E-state index in [0.717, 1.165) is 37.6 Å². The Labute approximate surface area is 193 Å². The van der Waals surface area contributed by atoms with Gasteiger partial charge in [0.25, 0.3) is 0 Å². The van der Waals surface area contributed by atoms with E-state index >= 15 is 0 Å². The fourth-order valence-corrected chi connectivity index (χ4v) is 4.49. The smallest absolute Gasteiger partial charge is 0.165 e. The standard InChI is InChI=1S/C26H27FN6/c27-24-13-11-21(12-14-24)19-33-25(28-29-30-33)20-31-15-17-32(18-16-31)26(22-7-3-1-4-8-22)23-9-5-2-6-10-23/h1-14,26H,15-20H2. The zero-order chi connectivity index (χ0) is 22.5. The minimum atomic E-state index is -0.238. The third-order valence-corrected chi connectivity index (χ3v) is 6.22. The summed E-state index contributed by atoms with van der Waals surface area (Å²) in [6, 6.07) is 28.2. The van der Waals surface area contributed by atoms with Crippen molar-refractivity contribution in [3.05, 3.63) is 113 Å². The summed E-state index contributed by atoms with van der Waals surface area (Å²) in [5.41, 5.74) is 3.61. The van der Waals surface area contributed by atoms with Crippen LogP contribution in [0.15, 0.2) is 84.9 Å². The molecule has 2 heterocycles. The number of tetrazole rings is 1. The molecule has 3 aromatic carbocycles. The van der Waals surface area contributed by atoms with Gasteiger partial charge < -0.3 is 0 Å². The first-order chi connectivity index (χ1) is 16.3. The minimum absolute atomic E-state index is 0.238. The van der Waals surface area contributed by atoms with Crippen molar-refractivity contribution in [1.29, 1.82) is 0 Å². The van der Waals surface area contributed by atoms with Gasteiger partial charge >= 0.3 is 0 Å². The summed E-state index contributed by atoms with van der Waals surface area (Å²) in [6.45, 7) is 5.05. The van der Waals surface area contributed by atoms with Crippen molar-refractivity contribution < 1.29 is 4.39 Å². The molecule has 0 unspecified atom stereocenters. The molecule has 4 aromatic rings. The maximum absolute atomic E-state index is 13.2. The molecule has 1 fully saturated rings. The molecule has 0 spiro atoms. The molecule has 0 atom stereocenters. The number of hydrogen-bond acceptors (Lipinski definition) is 5.